The number of thiophene rings is 1. The lowest BCUT2D eigenvalue weighted by Gasteiger charge is -2.06. The number of carboxylic acid groups (broad SMARTS) is 1. The Kier molecular flexibility index (Phi) is 15.1. The maximum Gasteiger partial charge on any atom is 0.303 e. The van der Waals surface area contributed by atoms with Gasteiger partial charge in [0.25, 0.3) is 0 Å². The van der Waals surface area contributed by atoms with Crippen LogP contribution in [0.4, 0.5) is 0 Å². The van der Waals surface area contributed by atoms with Crippen LogP contribution in [0, 0.1) is 31.6 Å². The zero-order valence-corrected chi connectivity index (χ0v) is 21.4. The predicted octanol–water partition coefficient (Wildman–Crippen LogP) is 7.77. The largest absolute Gasteiger partial charge is 0.481 e. The Bertz CT molecular complexity index is 717. The number of aliphatic carboxylic acids is 1. The van der Waals surface area contributed by atoms with Crippen LogP contribution in [-0.4, -0.2) is 22.6 Å². The molecule has 1 aromatic rings. The van der Waals surface area contributed by atoms with Crippen molar-refractivity contribution in [3.63, 3.8) is 0 Å². The predicted molar refractivity (Wildman–Crippen MR) is 139 cm³/mol. The van der Waals surface area contributed by atoms with Crippen molar-refractivity contribution in [2.45, 2.75) is 109 Å². The molecule has 5 heteroatoms. The SMILES string of the molecule is O=C(O)CCCCCCCCCCCC(=O)c1ccc(CCCCCCC(=O)[C]2[CH][CH][CH][CH]2)s1. The Hall–Kier alpha value is -1.49. The van der Waals surface area contributed by atoms with Gasteiger partial charge < -0.3 is 5.11 Å². The van der Waals surface area contributed by atoms with Gasteiger partial charge in [0.2, 0.25) is 0 Å². The van der Waals surface area contributed by atoms with Crippen molar-refractivity contribution in [1.82, 2.24) is 0 Å². The first-order valence-corrected chi connectivity index (χ1v) is 14.0. The highest BCUT2D eigenvalue weighted by Crippen LogP contribution is 2.26. The third kappa shape index (κ3) is 12.8. The van der Waals surface area contributed by atoms with Crippen LogP contribution in [0.2, 0.25) is 0 Å². The molecule has 1 fully saturated rings. The molecule has 0 unspecified atom stereocenters. The van der Waals surface area contributed by atoms with Crippen LogP contribution in [0.3, 0.4) is 0 Å². The molecule has 1 heterocycles. The number of Topliss-reactive ketones (excluding diaryl/α,β-unsaturated/α-hetero) is 2. The molecule has 2 rings (SSSR count). The summed E-state index contributed by atoms with van der Waals surface area (Å²) in [6.07, 6.45) is 24.2. The highest BCUT2D eigenvalue weighted by molar-refractivity contribution is 7.14. The minimum absolute atomic E-state index is 0.247. The van der Waals surface area contributed by atoms with E-state index in [1.54, 1.807) is 11.3 Å². The first-order valence-electron chi connectivity index (χ1n) is 13.1. The molecular formula is C29H41O4S. The monoisotopic (exact) mass is 485 g/mol. The van der Waals surface area contributed by atoms with Crippen molar-refractivity contribution >= 4 is 28.9 Å². The van der Waals surface area contributed by atoms with E-state index in [1.165, 1.54) is 30.6 Å². The fourth-order valence-electron chi connectivity index (χ4n) is 4.23. The van der Waals surface area contributed by atoms with Crippen LogP contribution in [0.15, 0.2) is 12.1 Å². The van der Waals surface area contributed by atoms with Gasteiger partial charge in [-0.15, -0.1) is 11.3 Å². The molecule has 0 atom stereocenters. The molecule has 0 amide bonds. The third-order valence-corrected chi connectivity index (χ3v) is 7.48. The van der Waals surface area contributed by atoms with E-state index in [-0.39, 0.29) is 11.6 Å². The maximum atomic E-state index is 12.5. The van der Waals surface area contributed by atoms with E-state index in [9.17, 15) is 14.4 Å². The minimum atomic E-state index is -0.695. The van der Waals surface area contributed by atoms with Gasteiger partial charge in [0.05, 0.1) is 4.88 Å². The summed E-state index contributed by atoms with van der Waals surface area (Å²) in [5, 5.41) is 8.62. The molecule has 187 valence electrons. The number of carbonyl (C=O) groups excluding carboxylic acids is 2. The second-order valence-electron chi connectivity index (χ2n) is 9.28. The average molecular weight is 486 g/mol. The molecule has 34 heavy (non-hydrogen) atoms. The number of carboxylic acids is 1. The molecule has 1 aliphatic carbocycles. The smallest absolute Gasteiger partial charge is 0.303 e. The van der Waals surface area contributed by atoms with E-state index in [2.05, 4.69) is 6.07 Å². The van der Waals surface area contributed by atoms with Crippen LogP contribution in [0.1, 0.15) is 117 Å². The molecule has 1 N–H and O–H groups in total. The summed E-state index contributed by atoms with van der Waals surface area (Å²) in [6.45, 7) is 0. The molecule has 4 nitrogen and oxygen atoms in total. The zero-order chi connectivity index (χ0) is 24.4. The van der Waals surface area contributed by atoms with E-state index in [4.69, 9.17) is 5.11 Å². The first kappa shape index (κ1) is 28.7. The standard InChI is InChI=1S/C29H41O4S/c30-26(24-16-14-15-17-24)19-11-9-8-10-18-25-22-23-28(34-25)27(31)20-12-6-4-2-1-3-5-7-13-21-29(32)33/h14-17,22-23H,1-13,18-21H2,(H,32,33). The molecule has 1 saturated carbocycles. The van der Waals surface area contributed by atoms with Gasteiger partial charge >= 0.3 is 5.97 Å². The third-order valence-electron chi connectivity index (χ3n) is 6.29. The van der Waals surface area contributed by atoms with Crippen molar-refractivity contribution in [1.29, 1.82) is 0 Å². The van der Waals surface area contributed by atoms with Gasteiger partial charge in [0.15, 0.2) is 5.78 Å². The highest BCUT2D eigenvalue weighted by atomic mass is 32.1. The topological polar surface area (TPSA) is 71.4 Å². The minimum Gasteiger partial charge on any atom is -0.481 e. The Morgan fingerprint density at radius 3 is 1.71 bits per heavy atom. The Morgan fingerprint density at radius 2 is 1.12 bits per heavy atom. The molecule has 0 saturated heterocycles. The number of hydrogen-bond acceptors (Lipinski definition) is 4. The fraction of sp³-hybridized carbons (Fsp3) is 0.586. The van der Waals surface area contributed by atoms with Gasteiger partial charge in [-0.2, -0.15) is 0 Å². The van der Waals surface area contributed by atoms with Gasteiger partial charge in [-0.1, -0.05) is 57.8 Å². The van der Waals surface area contributed by atoms with Gasteiger partial charge in [0.1, 0.15) is 5.78 Å². The van der Waals surface area contributed by atoms with Gasteiger partial charge in [-0.05, 0) is 69.9 Å². The summed E-state index contributed by atoms with van der Waals surface area (Å²) in [7, 11) is 0. The lowest BCUT2D eigenvalue weighted by molar-refractivity contribution is -0.137. The quantitative estimate of drug-likeness (QED) is 0.143. The van der Waals surface area contributed by atoms with Crippen LogP contribution < -0.4 is 0 Å². The Morgan fingerprint density at radius 1 is 0.618 bits per heavy atom. The number of hydrogen-bond donors (Lipinski definition) is 1. The lowest BCUT2D eigenvalue weighted by atomic mass is 9.97. The molecular weight excluding hydrogens is 444 g/mol. The van der Waals surface area contributed by atoms with E-state index in [0.29, 0.717) is 19.3 Å². The second-order valence-corrected chi connectivity index (χ2v) is 10.4. The zero-order valence-electron chi connectivity index (χ0n) is 20.6. The first-order chi connectivity index (χ1) is 16.6. The number of ketones is 2. The number of rotatable bonds is 21. The summed E-state index contributed by atoms with van der Waals surface area (Å²) in [4.78, 5) is 37.1. The van der Waals surface area contributed by atoms with Crippen LogP contribution >= 0.6 is 11.3 Å². The summed E-state index contributed by atoms with van der Waals surface area (Å²) < 4.78 is 0. The van der Waals surface area contributed by atoms with E-state index in [0.717, 1.165) is 75.0 Å². The number of aryl methyl sites for hydroxylation is 1. The molecule has 0 aromatic carbocycles. The van der Waals surface area contributed by atoms with Crippen molar-refractivity contribution in [2.24, 2.45) is 0 Å². The van der Waals surface area contributed by atoms with Crippen molar-refractivity contribution in [3.05, 3.63) is 53.5 Å². The number of carbonyl (C=O) groups is 3. The van der Waals surface area contributed by atoms with Crippen LogP contribution in [0.25, 0.3) is 0 Å². The molecule has 0 aliphatic heterocycles. The molecule has 1 aromatic heterocycles. The van der Waals surface area contributed by atoms with Crippen LogP contribution in [-0.2, 0) is 16.0 Å². The van der Waals surface area contributed by atoms with E-state index < -0.39 is 5.97 Å². The highest BCUT2D eigenvalue weighted by Gasteiger charge is 2.23. The lowest BCUT2D eigenvalue weighted by Crippen LogP contribution is -2.08. The van der Waals surface area contributed by atoms with Crippen LogP contribution in [0.5, 0.6) is 0 Å². The maximum absolute atomic E-state index is 12.5. The second kappa shape index (κ2) is 17.9. The molecule has 0 bridgehead atoms. The molecule has 1 aliphatic rings. The Labute approximate surface area is 210 Å². The molecule has 0 spiro atoms. The van der Waals surface area contributed by atoms with Gasteiger partial charge in [-0.25, -0.2) is 0 Å². The number of unbranched alkanes of at least 4 members (excludes halogenated alkanes) is 11. The van der Waals surface area contributed by atoms with E-state index >= 15 is 0 Å². The average Bonchev–Trinajstić information content (AvgIpc) is 3.52. The van der Waals surface area contributed by atoms with Gasteiger partial charge in [0, 0.05) is 30.1 Å². The van der Waals surface area contributed by atoms with Crippen molar-refractivity contribution in [3.8, 4) is 0 Å². The summed E-state index contributed by atoms with van der Waals surface area (Å²) >= 11 is 1.65. The fourth-order valence-corrected chi connectivity index (χ4v) is 5.24. The Balaban J connectivity index is 1.42. The molecule has 5 radical (unpaired) electrons. The van der Waals surface area contributed by atoms with Crippen molar-refractivity contribution < 1.29 is 19.5 Å². The normalized spacial score (nSPS) is 14.0. The summed E-state index contributed by atoms with van der Waals surface area (Å²) in [6, 6.07) is 4.10. The van der Waals surface area contributed by atoms with E-state index in [1.807, 2.05) is 31.7 Å². The summed E-state index contributed by atoms with van der Waals surface area (Å²) in [5.41, 5.74) is 0. The summed E-state index contributed by atoms with van der Waals surface area (Å²) in [5.74, 6) is 0.661. The van der Waals surface area contributed by atoms with Gasteiger partial charge in [-0.3, -0.25) is 14.4 Å². The van der Waals surface area contributed by atoms with Crippen molar-refractivity contribution in [2.75, 3.05) is 0 Å².